The molecule has 0 spiro atoms. The highest BCUT2D eigenvalue weighted by atomic mass is 16.3. The lowest BCUT2D eigenvalue weighted by Crippen LogP contribution is -2.40. The van der Waals surface area contributed by atoms with E-state index in [0.717, 1.165) is 32.7 Å². The largest absolute Gasteiger partial charge is 0.390 e. The summed E-state index contributed by atoms with van der Waals surface area (Å²) in [5.74, 6) is 0. The van der Waals surface area contributed by atoms with Crippen molar-refractivity contribution in [2.75, 3.05) is 46.3 Å². The van der Waals surface area contributed by atoms with Crippen molar-refractivity contribution in [1.82, 2.24) is 15.1 Å². The van der Waals surface area contributed by atoms with Gasteiger partial charge in [-0.2, -0.15) is 0 Å². The van der Waals surface area contributed by atoms with E-state index in [4.69, 9.17) is 0 Å². The SMILES string of the molecule is CCC(C)N(C)CCNCC(O)CN1CCCC1. The highest BCUT2D eigenvalue weighted by Crippen LogP contribution is 2.07. The van der Waals surface area contributed by atoms with E-state index >= 15 is 0 Å². The zero-order valence-corrected chi connectivity index (χ0v) is 12.4. The van der Waals surface area contributed by atoms with Crippen LogP contribution in [0.2, 0.25) is 0 Å². The molecule has 0 aliphatic carbocycles. The minimum atomic E-state index is -0.225. The Bertz CT molecular complexity index is 207. The Labute approximate surface area is 112 Å². The van der Waals surface area contributed by atoms with Crippen LogP contribution in [0.25, 0.3) is 0 Å². The summed E-state index contributed by atoms with van der Waals surface area (Å²) in [6.07, 6.45) is 3.55. The summed E-state index contributed by atoms with van der Waals surface area (Å²) in [5, 5.41) is 13.3. The van der Waals surface area contributed by atoms with Crippen molar-refractivity contribution in [1.29, 1.82) is 0 Å². The zero-order chi connectivity index (χ0) is 13.4. The summed E-state index contributed by atoms with van der Waals surface area (Å²) in [7, 11) is 2.16. The molecular weight excluding hydrogens is 226 g/mol. The topological polar surface area (TPSA) is 38.7 Å². The van der Waals surface area contributed by atoms with Gasteiger partial charge < -0.3 is 20.2 Å². The number of rotatable bonds is 9. The Hall–Kier alpha value is -0.160. The van der Waals surface area contributed by atoms with Crippen LogP contribution in [0, 0.1) is 0 Å². The van der Waals surface area contributed by atoms with Crippen LogP contribution in [-0.2, 0) is 0 Å². The summed E-state index contributed by atoms with van der Waals surface area (Å²) in [6, 6.07) is 0.640. The van der Waals surface area contributed by atoms with Crippen LogP contribution >= 0.6 is 0 Å². The summed E-state index contributed by atoms with van der Waals surface area (Å²) < 4.78 is 0. The monoisotopic (exact) mass is 257 g/mol. The van der Waals surface area contributed by atoms with Crippen LogP contribution in [0.15, 0.2) is 0 Å². The van der Waals surface area contributed by atoms with Gasteiger partial charge in [-0.3, -0.25) is 0 Å². The molecule has 0 aromatic rings. The molecule has 4 heteroatoms. The lowest BCUT2D eigenvalue weighted by Gasteiger charge is -2.24. The van der Waals surface area contributed by atoms with Crippen LogP contribution < -0.4 is 5.32 Å². The Morgan fingerprint density at radius 2 is 2.00 bits per heavy atom. The van der Waals surface area contributed by atoms with Gasteiger partial charge in [-0.1, -0.05) is 6.92 Å². The fourth-order valence-electron chi connectivity index (χ4n) is 2.38. The second-order valence-corrected chi connectivity index (χ2v) is 5.60. The van der Waals surface area contributed by atoms with Crippen LogP contribution in [0.3, 0.4) is 0 Å². The lowest BCUT2D eigenvalue weighted by atomic mass is 10.2. The molecule has 2 unspecified atom stereocenters. The lowest BCUT2D eigenvalue weighted by molar-refractivity contribution is 0.122. The Morgan fingerprint density at radius 3 is 2.61 bits per heavy atom. The molecule has 1 aliphatic heterocycles. The first-order valence-electron chi connectivity index (χ1n) is 7.44. The standard InChI is InChI=1S/C14H31N3O/c1-4-13(2)16(3)10-7-15-11-14(18)12-17-8-5-6-9-17/h13-15,18H,4-12H2,1-3H3. The second kappa shape index (κ2) is 8.86. The van der Waals surface area contributed by atoms with E-state index in [1.54, 1.807) is 0 Å². The number of aliphatic hydroxyl groups is 1. The molecule has 0 bridgehead atoms. The molecule has 108 valence electrons. The van der Waals surface area contributed by atoms with Gasteiger partial charge in [-0.15, -0.1) is 0 Å². The summed E-state index contributed by atoms with van der Waals surface area (Å²) in [6.45, 7) is 10.3. The Morgan fingerprint density at radius 1 is 1.33 bits per heavy atom. The molecule has 0 radical (unpaired) electrons. The van der Waals surface area contributed by atoms with E-state index < -0.39 is 0 Å². The van der Waals surface area contributed by atoms with E-state index in [0.29, 0.717) is 12.6 Å². The van der Waals surface area contributed by atoms with Gasteiger partial charge in [-0.05, 0) is 46.3 Å². The van der Waals surface area contributed by atoms with Crippen LogP contribution in [0.1, 0.15) is 33.1 Å². The number of aliphatic hydroxyl groups excluding tert-OH is 1. The third-order valence-corrected chi connectivity index (χ3v) is 4.03. The van der Waals surface area contributed by atoms with Gasteiger partial charge in [0.1, 0.15) is 0 Å². The number of likely N-dealkylation sites (N-methyl/N-ethyl adjacent to an activating group) is 1. The first kappa shape index (κ1) is 15.9. The number of hydrogen-bond donors (Lipinski definition) is 2. The van der Waals surface area contributed by atoms with Crippen molar-refractivity contribution in [2.45, 2.75) is 45.3 Å². The first-order valence-corrected chi connectivity index (χ1v) is 7.44. The number of nitrogens with zero attached hydrogens (tertiary/aromatic N) is 2. The van der Waals surface area contributed by atoms with Gasteiger partial charge in [0.05, 0.1) is 6.10 Å². The maximum atomic E-state index is 9.91. The van der Waals surface area contributed by atoms with E-state index in [-0.39, 0.29) is 6.10 Å². The van der Waals surface area contributed by atoms with Gasteiger partial charge in [0.15, 0.2) is 0 Å². The molecule has 0 amide bonds. The number of hydrogen-bond acceptors (Lipinski definition) is 4. The normalized spacial score (nSPS) is 20.5. The number of nitrogens with one attached hydrogen (secondary N) is 1. The van der Waals surface area contributed by atoms with Crippen molar-refractivity contribution in [3.8, 4) is 0 Å². The quantitative estimate of drug-likeness (QED) is 0.598. The van der Waals surface area contributed by atoms with Gasteiger partial charge in [0, 0.05) is 32.2 Å². The summed E-state index contributed by atoms with van der Waals surface area (Å²) >= 11 is 0. The minimum Gasteiger partial charge on any atom is -0.390 e. The Kier molecular flexibility index (Phi) is 7.82. The fourth-order valence-corrected chi connectivity index (χ4v) is 2.38. The van der Waals surface area contributed by atoms with Crippen LogP contribution in [0.5, 0.6) is 0 Å². The zero-order valence-electron chi connectivity index (χ0n) is 12.4. The van der Waals surface area contributed by atoms with E-state index in [2.05, 4.69) is 36.0 Å². The molecule has 1 aliphatic rings. The Balaban J connectivity index is 1.99. The van der Waals surface area contributed by atoms with Gasteiger partial charge in [0.2, 0.25) is 0 Å². The van der Waals surface area contributed by atoms with E-state index in [1.165, 1.54) is 19.3 Å². The maximum absolute atomic E-state index is 9.91. The average Bonchev–Trinajstić information content (AvgIpc) is 2.86. The molecule has 2 atom stereocenters. The molecule has 2 N–H and O–H groups in total. The molecule has 1 fully saturated rings. The molecule has 4 nitrogen and oxygen atoms in total. The summed E-state index contributed by atoms with van der Waals surface area (Å²) in [5.41, 5.74) is 0. The predicted molar refractivity (Wildman–Crippen MR) is 76.9 cm³/mol. The van der Waals surface area contributed by atoms with Crippen LogP contribution in [-0.4, -0.2) is 73.4 Å². The van der Waals surface area contributed by atoms with Gasteiger partial charge in [-0.25, -0.2) is 0 Å². The maximum Gasteiger partial charge on any atom is 0.0791 e. The van der Waals surface area contributed by atoms with Crippen molar-refractivity contribution in [3.05, 3.63) is 0 Å². The molecule has 0 aromatic heterocycles. The highest BCUT2D eigenvalue weighted by Gasteiger charge is 2.15. The molecule has 18 heavy (non-hydrogen) atoms. The molecule has 1 rings (SSSR count). The molecular formula is C14H31N3O. The summed E-state index contributed by atoms with van der Waals surface area (Å²) in [4.78, 5) is 4.72. The first-order chi connectivity index (χ1) is 8.63. The average molecular weight is 257 g/mol. The van der Waals surface area contributed by atoms with Gasteiger partial charge in [0.25, 0.3) is 0 Å². The smallest absolute Gasteiger partial charge is 0.0791 e. The third-order valence-electron chi connectivity index (χ3n) is 4.03. The number of likely N-dealkylation sites (tertiary alicyclic amines) is 1. The van der Waals surface area contributed by atoms with Gasteiger partial charge >= 0.3 is 0 Å². The molecule has 1 saturated heterocycles. The predicted octanol–water partition coefficient (Wildman–Crippen LogP) is 0.763. The molecule has 0 aromatic carbocycles. The van der Waals surface area contributed by atoms with Crippen molar-refractivity contribution in [3.63, 3.8) is 0 Å². The van der Waals surface area contributed by atoms with E-state index in [1.807, 2.05) is 0 Å². The fraction of sp³-hybridized carbons (Fsp3) is 1.00. The van der Waals surface area contributed by atoms with E-state index in [9.17, 15) is 5.11 Å². The van der Waals surface area contributed by atoms with Crippen molar-refractivity contribution >= 4 is 0 Å². The van der Waals surface area contributed by atoms with Crippen molar-refractivity contribution < 1.29 is 5.11 Å². The van der Waals surface area contributed by atoms with Crippen LogP contribution in [0.4, 0.5) is 0 Å². The third kappa shape index (κ3) is 6.14. The second-order valence-electron chi connectivity index (χ2n) is 5.60. The molecule has 1 heterocycles. The van der Waals surface area contributed by atoms with Crippen molar-refractivity contribution in [2.24, 2.45) is 0 Å². The highest BCUT2D eigenvalue weighted by molar-refractivity contribution is 4.72. The number of β-amino-alcohol motifs (C(OH)–C–C–N with tert-alkyl or cyclic N) is 1. The minimum absolute atomic E-state index is 0.225. The molecule has 0 saturated carbocycles.